The van der Waals surface area contributed by atoms with Gasteiger partial charge in [0.1, 0.15) is 0 Å². The number of anilines is 4. The van der Waals surface area contributed by atoms with Gasteiger partial charge in [0.2, 0.25) is 0 Å². The maximum absolute atomic E-state index is 3.59. The van der Waals surface area contributed by atoms with Crippen LogP contribution in [0.1, 0.15) is 0 Å². The van der Waals surface area contributed by atoms with E-state index in [0.717, 1.165) is 22.7 Å². The van der Waals surface area contributed by atoms with Gasteiger partial charge in [-0.1, -0.05) is 54.2 Å². The maximum Gasteiger partial charge on any atom is 0.0765 e. The number of rotatable bonds is 3. The molecule has 2 N–H and O–H groups in total. The van der Waals surface area contributed by atoms with E-state index in [-0.39, 0.29) is 0 Å². The number of halogens is 1. The van der Waals surface area contributed by atoms with Gasteiger partial charge in [0, 0.05) is 19.0 Å². The summed E-state index contributed by atoms with van der Waals surface area (Å²) in [7, 11) is 0. The minimum atomic E-state index is 1.08. The van der Waals surface area contributed by atoms with Crippen molar-refractivity contribution < 1.29 is 0 Å². The Labute approximate surface area is 182 Å². The molecule has 1 heterocycles. The van der Waals surface area contributed by atoms with Gasteiger partial charge in [-0.05, 0) is 82.2 Å². The lowest BCUT2D eigenvalue weighted by Gasteiger charge is -2.23. The van der Waals surface area contributed by atoms with Gasteiger partial charge < -0.3 is 10.6 Å². The van der Waals surface area contributed by atoms with Crippen LogP contribution in [0.25, 0.3) is 11.1 Å². The summed E-state index contributed by atoms with van der Waals surface area (Å²) in [4.78, 5) is 2.49. The highest BCUT2D eigenvalue weighted by atomic mass is 127. The molecule has 0 radical (unpaired) electrons. The Morgan fingerprint density at radius 2 is 1.36 bits per heavy atom. The standard InChI is InChI=1S/C24H17IN2S/c25-18-12-8-16(9-13-18)17-10-14-19(15-11-17)26-21-5-3-7-23-24(21)27-20-4-1-2-6-22(20)28-23/h1-15,26-27H. The molecule has 0 fully saturated rings. The molecular formula is C24H17IN2S. The van der Waals surface area contributed by atoms with Gasteiger partial charge in [0.05, 0.1) is 17.1 Å². The number of nitrogens with one attached hydrogen (secondary N) is 2. The molecule has 136 valence electrons. The third kappa shape index (κ3) is 3.50. The minimum absolute atomic E-state index is 1.08. The van der Waals surface area contributed by atoms with Gasteiger partial charge in [-0.15, -0.1) is 0 Å². The normalized spacial score (nSPS) is 11.9. The number of fused-ring (bicyclic) bond motifs is 2. The molecule has 0 spiro atoms. The SMILES string of the molecule is Ic1ccc(-c2ccc(Nc3cccc4c3Nc3ccccc3S4)cc2)cc1. The Morgan fingerprint density at radius 3 is 2.14 bits per heavy atom. The second-order valence-corrected chi connectivity index (χ2v) is 8.94. The van der Waals surface area contributed by atoms with Crippen LogP contribution in [0.15, 0.2) is 101 Å². The van der Waals surface area contributed by atoms with Crippen molar-refractivity contribution in [3.63, 3.8) is 0 Å². The van der Waals surface area contributed by atoms with Crippen LogP contribution in [0.2, 0.25) is 0 Å². The first-order valence-electron chi connectivity index (χ1n) is 9.06. The fraction of sp³-hybridized carbons (Fsp3) is 0. The van der Waals surface area contributed by atoms with E-state index >= 15 is 0 Å². The van der Waals surface area contributed by atoms with Crippen LogP contribution < -0.4 is 10.6 Å². The first kappa shape index (κ1) is 17.6. The lowest BCUT2D eigenvalue weighted by Crippen LogP contribution is -2.03. The van der Waals surface area contributed by atoms with Crippen molar-refractivity contribution >= 4 is 57.1 Å². The molecule has 0 saturated carbocycles. The average molecular weight is 492 g/mol. The van der Waals surface area contributed by atoms with Crippen LogP contribution in [-0.2, 0) is 0 Å². The Kier molecular flexibility index (Phi) is 4.74. The first-order chi connectivity index (χ1) is 13.8. The third-order valence-corrected chi connectivity index (χ3v) is 6.59. The summed E-state index contributed by atoms with van der Waals surface area (Å²) < 4.78 is 1.25. The minimum Gasteiger partial charge on any atom is -0.354 e. The van der Waals surface area contributed by atoms with Crippen molar-refractivity contribution in [3.05, 3.63) is 94.6 Å². The number of hydrogen-bond donors (Lipinski definition) is 2. The summed E-state index contributed by atoms with van der Waals surface area (Å²) in [6, 6.07) is 32.0. The molecule has 0 atom stereocenters. The van der Waals surface area contributed by atoms with Crippen molar-refractivity contribution in [2.75, 3.05) is 10.6 Å². The molecular weight excluding hydrogens is 475 g/mol. The van der Waals surface area contributed by atoms with Crippen LogP contribution in [-0.4, -0.2) is 0 Å². The molecule has 5 rings (SSSR count). The Balaban J connectivity index is 1.41. The van der Waals surface area contributed by atoms with Crippen LogP contribution in [0.4, 0.5) is 22.7 Å². The van der Waals surface area contributed by atoms with Crippen molar-refractivity contribution in [1.29, 1.82) is 0 Å². The second-order valence-electron chi connectivity index (χ2n) is 6.61. The highest BCUT2D eigenvalue weighted by Crippen LogP contribution is 2.47. The van der Waals surface area contributed by atoms with Gasteiger partial charge in [-0.25, -0.2) is 0 Å². The smallest absolute Gasteiger partial charge is 0.0765 e. The number of hydrogen-bond acceptors (Lipinski definition) is 3. The lowest BCUT2D eigenvalue weighted by atomic mass is 10.1. The van der Waals surface area contributed by atoms with Gasteiger partial charge >= 0.3 is 0 Å². The highest BCUT2D eigenvalue weighted by Gasteiger charge is 2.17. The van der Waals surface area contributed by atoms with Crippen molar-refractivity contribution in [2.45, 2.75) is 9.79 Å². The molecule has 0 bridgehead atoms. The van der Waals surface area contributed by atoms with Crippen LogP contribution in [0.5, 0.6) is 0 Å². The monoisotopic (exact) mass is 492 g/mol. The van der Waals surface area contributed by atoms with Gasteiger partial charge in [-0.2, -0.15) is 0 Å². The Bertz CT molecular complexity index is 1140. The van der Waals surface area contributed by atoms with Crippen molar-refractivity contribution in [2.24, 2.45) is 0 Å². The topological polar surface area (TPSA) is 24.1 Å². The summed E-state index contributed by atoms with van der Waals surface area (Å²) >= 11 is 4.14. The number of para-hydroxylation sites is 2. The summed E-state index contributed by atoms with van der Waals surface area (Å²) in [5, 5.41) is 7.16. The van der Waals surface area contributed by atoms with E-state index in [1.807, 2.05) is 0 Å². The van der Waals surface area contributed by atoms with E-state index in [0.29, 0.717) is 0 Å². The largest absolute Gasteiger partial charge is 0.354 e. The molecule has 0 unspecified atom stereocenters. The molecule has 0 aromatic heterocycles. The number of benzene rings is 4. The lowest BCUT2D eigenvalue weighted by molar-refractivity contribution is 1.31. The average Bonchev–Trinajstić information content (AvgIpc) is 2.74. The zero-order valence-corrected chi connectivity index (χ0v) is 17.9. The molecule has 0 saturated heterocycles. The van der Waals surface area contributed by atoms with E-state index < -0.39 is 0 Å². The highest BCUT2D eigenvalue weighted by molar-refractivity contribution is 14.1. The molecule has 28 heavy (non-hydrogen) atoms. The quantitative estimate of drug-likeness (QED) is 0.250. The predicted octanol–water partition coefficient (Wildman–Crippen LogP) is 7.91. The molecule has 4 aromatic rings. The summed E-state index contributed by atoms with van der Waals surface area (Å²) in [6.07, 6.45) is 0. The zero-order valence-electron chi connectivity index (χ0n) is 14.9. The second kappa shape index (κ2) is 7.53. The summed E-state index contributed by atoms with van der Waals surface area (Å²) in [5.74, 6) is 0. The molecule has 2 nitrogen and oxygen atoms in total. The Hall–Kier alpha value is -2.44. The van der Waals surface area contributed by atoms with E-state index in [1.165, 1.54) is 24.5 Å². The van der Waals surface area contributed by atoms with E-state index in [9.17, 15) is 0 Å². The van der Waals surface area contributed by atoms with Gasteiger partial charge in [0.15, 0.2) is 0 Å². The Morgan fingerprint density at radius 1 is 0.679 bits per heavy atom. The van der Waals surface area contributed by atoms with Crippen molar-refractivity contribution in [1.82, 2.24) is 0 Å². The van der Waals surface area contributed by atoms with Crippen molar-refractivity contribution in [3.8, 4) is 11.1 Å². The van der Waals surface area contributed by atoms with Gasteiger partial charge in [-0.3, -0.25) is 0 Å². The van der Waals surface area contributed by atoms with Crippen LogP contribution in [0, 0.1) is 3.57 Å². The first-order valence-corrected chi connectivity index (χ1v) is 11.0. The zero-order chi connectivity index (χ0) is 18.9. The maximum atomic E-state index is 3.59. The molecule has 1 aliphatic rings. The van der Waals surface area contributed by atoms with Crippen LogP contribution >= 0.6 is 34.4 Å². The molecule has 4 heteroatoms. The summed E-state index contributed by atoms with van der Waals surface area (Å²) in [5.41, 5.74) is 6.91. The van der Waals surface area contributed by atoms with E-state index in [2.05, 4.69) is 124 Å². The molecule has 0 aliphatic carbocycles. The fourth-order valence-corrected chi connectivity index (χ4v) is 4.69. The third-order valence-electron chi connectivity index (χ3n) is 4.73. The van der Waals surface area contributed by atoms with E-state index in [1.54, 1.807) is 11.8 Å². The summed E-state index contributed by atoms with van der Waals surface area (Å²) in [6.45, 7) is 0. The fourth-order valence-electron chi connectivity index (χ4n) is 3.31. The van der Waals surface area contributed by atoms with Gasteiger partial charge in [0.25, 0.3) is 0 Å². The molecule has 1 aliphatic heterocycles. The molecule has 0 amide bonds. The van der Waals surface area contributed by atoms with E-state index in [4.69, 9.17) is 0 Å². The molecule has 4 aromatic carbocycles. The van der Waals surface area contributed by atoms with Crippen LogP contribution in [0.3, 0.4) is 0 Å². The predicted molar refractivity (Wildman–Crippen MR) is 128 cm³/mol.